The lowest BCUT2D eigenvalue weighted by atomic mass is 9.99. The molecule has 0 N–H and O–H groups in total. The molecule has 136 valence electrons. The fourth-order valence-corrected chi connectivity index (χ4v) is 4.94. The summed E-state index contributed by atoms with van der Waals surface area (Å²) in [6, 6.07) is 10.1. The molecule has 5 nitrogen and oxygen atoms in total. The molecule has 1 aromatic carbocycles. The molecule has 0 bridgehead atoms. The lowest BCUT2D eigenvalue weighted by Crippen LogP contribution is -2.51. The lowest BCUT2D eigenvalue weighted by Gasteiger charge is -2.41. The maximum atomic E-state index is 13.4. The highest BCUT2D eigenvalue weighted by atomic mass is 32.2. The van der Waals surface area contributed by atoms with Gasteiger partial charge < -0.3 is 14.4 Å². The zero-order chi connectivity index (χ0) is 17.1. The van der Waals surface area contributed by atoms with E-state index in [0.29, 0.717) is 26.3 Å². The van der Waals surface area contributed by atoms with Crippen LogP contribution in [0, 0.1) is 0 Å². The van der Waals surface area contributed by atoms with E-state index in [1.807, 2.05) is 34.9 Å². The third-order valence-corrected chi connectivity index (χ3v) is 6.35. The van der Waals surface area contributed by atoms with E-state index in [1.54, 1.807) is 0 Å². The van der Waals surface area contributed by atoms with Crippen LogP contribution in [-0.4, -0.2) is 72.4 Å². The van der Waals surface area contributed by atoms with Crippen molar-refractivity contribution in [3.63, 3.8) is 0 Å². The standard InChI is InChI=1S/C19H26N2O3S/c22-18(21-8-6-19(7-9-21)23-12-13-24-19)17(16-4-2-1-3-5-16)20-10-14-25-15-11-20/h1-5,17H,6-15H2/t17-/m0/s1. The molecule has 25 heavy (non-hydrogen) atoms. The van der Waals surface area contributed by atoms with E-state index in [9.17, 15) is 4.79 Å². The number of ether oxygens (including phenoxy) is 2. The molecule has 1 amide bonds. The molecule has 0 radical (unpaired) electrons. The van der Waals surface area contributed by atoms with Crippen molar-refractivity contribution < 1.29 is 14.3 Å². The van der Waals surface area contributed by atoms with Crippen molar-refractivity contribution in [2.45, 2.75) is 24.7 Å². The van der Waals surface area contributed by atoms with Gasteiger partial charge in [0.1, 0.15) is 6.04 Å². The van der Waals surface area contributed by atoms with Crippen molar-refractivity contribution in [2.75, 3.05) is 50.9 Å². The first-order chi connectivity index (χ1) is 12.3. The van der Waals surface area contributed by atoms with Crippen molar-refractivity contribution in [1.82, 2.24) is 9.80 Å². The number of carbonyl (C=O) groups excluding carboxylic acids is 1. The first-order valence-corrected chi connectivity index (χ1v) is 10.4. The van der Waals surface area contributed by atoms with Crippen LogP contribution in [0.4, 0.5) is 0 Å². The highest BCUT2D eigenvalue weighted by Gasteiger charge is 2.42. The third kappa shape index (κ3) is 3.72. The van der Waals surface area contributed by atoms with Gasteiger partial charge >= 0.3 is 0 Å². The van der Waals surface area contributed by atoms with Gasteiger partial charge in [-0.1, -0.05) is 30.3 Å². The second kappa shape index (κ2) is 7.66. The Morgan fingerprint density at radius 3 is 2.28 bits per heavy atom. The van der Waals surface area contributed by atoms with Gasteiger partial charge in [0.15, 0.2) is 5.79 Å². The molecule has 3 fully saturated rings. The highest BCUT2D eigenvalue weighted by Crippen LogP contribution is 2.33. The van der Waals surface area contributed by atoms with Gasteiger partial charge in [0, 0.05) is 50.5 Å². The summed E-state index contributed by atoms with van der Waals surface area (Å²) in [7, 11) is 0. The number of thioether (sulfide) groups is 1. The summed E-state index contributed by atoms with van der Waals surface area (Å²) in [5.41, 5.74) is 1.10. The van der Waals surface area contributed by atoms with Gasteiger partial charge in [0.25, 0.3) is 0 Å². The van der Waals surface area contributed by atoms with Crippen LogP contribution in [0.5, 0.6) is 0 Å². The van der Waals surface area contributed by atoms with Crippen LogP contribution in [0.3, 0.4) is 0 Å². The van der Waals surface area contributed by atoms with E-state index in [-0.39, 0.29) is 11.9 Å². The number of nitrogens with zero attached hydrogens (tertiary/aromatic N) is 2. The maximum Gasteiger partial charge on any atom is 0.244 e. The van der Waals surface area contributed by atoms with Crippen molar-refractivity contribution in [2.24, 2.45) is 0 Å². The maximum absolute atomic E-state index is 13.4. The minimum atomic E-state index is -0.430. The highest BCUT2D eigenvalue weighted by molar-refractivity contribution is 7.99. The Hall–Kier alpha value is -1.08. The number of likely N-dealkylation sites (tertiary alicyclic amines) is 1. The molecule has 3 aliphatic rings. The molecular weight excluding hydrogens is 336 g/mol. The summed E-state index contributed by atoms with van der Waals surface area (Å²) in [5, 5.41) is 0. The number of piperidine rings is 1. The number of hydrogen-bond donors (Lipinski definition) is 0. The molecule has 4 rings (SSSR count). The monoisotopic (exact) mass is 362 g/mol. The predicted molar refractivity (Wildman–Crippen MR) is 98.5 cm³/mol. The second-order valence-electron chi connectivity index (χ2n) is 6.89. The van der Waals surface area contributed by atoms with E-state index in [4.69, 9.17) is 9.47 Å². The first-order valence-electron chi connectivity index (χ1n) is 9.21. The van der Waals surface area contributed by atoms with Crippen molar-refractivity contribution in [3.8, 4) is 0 Å². The van der Waals surface area contributed by atoms with E-state index in [0.717, 1.165) is 43.0 Å². The molecule has 1 atom stereocenters. The van der Waals surface area contributed by atoms with Crippen molar-refractivity contribution in [3.05, 3.63) is 35.9 Å². The Morgan fingerprint density at radius 1 is 1.00 bits per heavy atom. The number of amides is 1. The van der Waals surface area contributed by atoms with E-state index in [2.05, 4.69) is 17.0 Å². The number of hydrogen-bond acceptors (Lipinski definition) is 5. The average Bonchev–Trinajstić information content (AvgIpc) is 3.12. The Labute approximate surface area is 153 Å². The Balaban J connectivity index is 1.49. The van der Waals surface area contributed by atoms with E-state index < -0.39 is 5.79 Å². The fourth-order valence-electron chi connectivity index (χ4n) is 4.01. The molecule has 3 heterocycles. The molecule has 1 aromatic rings. The largest absolute Gasteiger partial charge is 0.347 e. The fraction of sp³-hybridized carbons (Fsp3) is 0.632. The first kappa shape index (κ1) is 17.3. The lowest BCUT2D eigenvalue weighted by molar-refractivity contribution is -0.188. The summed E-state index contributed by atoms with van der Waals surface area (Å²) in [6.07, 6.45) is 1.55. The summed E-state index contributed by atoms with van der Waals surface area (Å²) >= 11 is 1.97. The Morgan fingerprint density at radius 2 is 1.64 bits per heavy atom. The minimum absolute atomic E-state index is 0.165. The summed E-state index contributed by atoms with van der Waals surface area (Å²) in [6.45, 7) is 4.72. The van der Waals surface area contributed by atoms with Gasteiger partial charge in [-0.3, -0.25) is 9.69 Å². The number of carbonyl (C=O) groups is 1. The van der Waals surface area contributed by atoms with Crippen LogP contribution in [0.15, 0.2) is 30.3 Å². The van der Waals surface area contributed by atoms with E-state index >= 15 is 0 Å². The molecule has 0 aromatic heterocycles. The number of rotatable bonds is 3. The van der Waals surface area contributed by atoms with Crippen LogP contribution < -0.4 is 0 Å². The average molecular weight is 362 g/mol. The topological polar surface area (TPSA) is 42.0 Å². The molecule has 0 unspecified atom stereocenters. The van der Waals surface area contributed by atoms with Crippen LogP contribution in [-0.2, 0) is 14.3 Å². The quantitative estimate of drug-likeness (QED) is 0.824. The van der Waals surface area contributed by atoms with Crippen LogP contribution >= 0.6 is 11.8 Å². The zero-order valence-corrected chi connectivity index (χ0v) is 15.4. The van der Waals surface area contributed by atoms with Gasteiger partial charge in [-0.25, -0.2) is 0 Å². The summed E-state index contributed by atoms with van der Waals surface area (Å²) in [5.74, 6) is 2.00. The number of benzene rings is 1. The second-order valence-corrected chi connectivity index (χ2v) is 8.12. The minimum Gasteiger partial charge on any atom is -0.347 e. The van der Waals surface area contributed by atoms with Crippen LogP contribution in [0.2, 0.25) is 0 Å². The Bertz CT molecular complexity index is 576. The smallest absolute Gasteiger partial charge is 0.244 e. The van der Waals surface area contributed by atoms with Gasteiger partial charge in [-0.15, -0.1) is 0 Å². The van der Waals surface area contributed by atoms with Crippen LogP contribution in [0.25, 0.3) is 0 Å². The normalized spacial score (nSPS) is 25.2. The molecule has 1 spiro atoms. The van der Waals surface area contributed by atoms with E-state index in [1.165, 1.54) is 0 Å². The Kier molecular flexibility index (Phi) is 5.31. The summed E-state index contributed by atoms with van der Waals surface area (Å²) in [4.78, 5) is 17.8. The zero-order valence-electron chi connectivity index (χ0n) is 14.6. The van der Waals surface area contributed by atoms with Gasteiger partial charge in [-0.2, -0.15) is 11.8 Å². The molecule has 3 saturated heterocycles. The molecule has 3 aliphatic heterocycles. The third-order valence-electron chi connectivity index (χ3n) is 5.41. The molecule has 0 saturated carbocycles. The summed E-state index contributed by atoms with van der Waals surface area (Å²) < 4.78 is 11.6. The van der Waals surface area contributed by atoms with Crippen LogP contribution in [0.1, 0.15) is 24.4 Å². The molecule has 6 heteroatoms. The molecule has 0 aliphatic carbocycles. The molecular formula is C19H26N2O3S. The SMILES string of the molecule is O=C([C@H](c1ccccc1)N1CCSCC1)N1CCC2(CC1)OCCO2. The van der Waals surface area contributed by atoms with Gasteiger partial charge in [0.2, 0.25) is 5.91 Å². The predicted octanol–water partition coefficient (Wildman–Crippen LogP) is 2.14. The van der Waals surface area contributed by atoms with Gasteiger partial charge in [-0.05, 0) is 5.56 Å². The van der Waals surface area contributed by atoms with Gasteiger partial charge in [0.05, 0.1) is 13.2 Å². The van der Waals surface area contributed by atoms with Crippen molar-refractivity contribution >= 4 is 17.7 Å². The van der Waals surface area contributed by atoms with Crippen molar-refractivity contribution in [1.29, 1.82) is 0 Å².